The van der Waals surface area contributed by atoms with Crippen molar-refractivity contribution in [3.05, 3.63) is 11.9 Å². The van der Waals surface area contributed by atoms with Crippen LogP contribution in [0.3, 0.4) is 0 Å². The molecule has 0 unspecified atom stereocenters. The van der Waals surface area contributed by atoms with Gasteiger partial charge in [-0.05, 0) is 5.41 Å². The summed E-state index contributed by atoms with van der Waals surface area (Å²) in [5, 5.41) is 11.0. The second-order valence-corrected chi connectivity index (χ2v) is 4.51. The standard InChI is InChI=1S/C9H18N4/c1-9(2,3)7-10-5-8-6-11-12-13(8)4/h6,10H,5,7H2,1-4H3. The van der Waals surface area contributed by atoms with Crippen LogP contribution >= 0.6 is 0 Å². The zero-order chi connectivity index (χ0) is 9.90. The van der Waals surface area contributed by atoms with E-state index in [4.69, 9.17) is 0 Å². The first kappa shape index (κ1) is 10.2. The Morgan fingerprint density at radius 3 is 2.62 bits per heavy atom. The lowest BCUT2D eigenvalue weighted by molar-refractivity contribution is 0.376. The zero-order valence-electron chi connectivity index (χ0n) is 8.83. The highest BCUT2D eigenvalue weighted by molar-refractivity contribution is 4.92. The monoisotopic (exact) mass is 182 g/mol. The number of rotatable bonds is 3. The number of nitrogens with one attached hydrogen (secondary N) is 1. The Morgan fingerprint density at radius 2 is 2.15 bits per heavy atom. The van der Waals surface area contributed by atoms with Gasteiger partial charge in [0.15, 0.2) is 0 Å². The summed E-state index contributed by atoms with van der Waals surface area (Å²) < 4.78 is 1.79. The molecule has 0 amide bonds. The van der Waals surface area contributed by atoms with Crippen molar-refractivity contribution in [3.63, 3.8) is 0 Å². The molecule has 1 aromatic heterocycles. The fourth-order valence-corrected chi connectivity index (χ4v) is 1.04. The summed E-state index contributed by atoms with van der Waals surface area (Å²) in [6.07, 6.45) is 1.79. The van der Waals surface area contributed by atoms with Gasteiger partial charge in [-0.2, -0.15) is 0 Å². The van der Waals surface area contributed by atoms with E-state index in [2.05, 4.69) is 36.4 Å². The molecule has 74 valence electrons. The minimum Gasteiger partial charge on any atom is -0.311 e. The molecule has 1 rings (SSSR count). The molecule has 13 heavy (non-hydrogen) atoms. The van der Waals surface area contributed by atoms with Gasteiger partial charge in [0.2, 0.25) is 0 Å². The first-order chi connectivity index (χ1) is 5.99. The third-order valence-corrected chi connectivity index (χ3v) is 1.77. The summed E-state index contributed by atoms with van der Waals surface area (Å²) in [6.45, 7) is 8.46. The van der Waals surface area contributed by atoms with Gasteiger partial charge in [-0.3, -0.25) is 4.68 Å². The molecule has 4 nitrogen and oxygen atoms in total. The van der Waals surface area contributed by atoms with E-state index in [1.54, 1.807) is 10.9 Å². The van der Waals surface area contributed by atoms with Crippen LogP contribution in [0.25, 0.3) is 0 Å². The van der Waals surface area contributed by atoms with Gasteiger partial charge in [-0.25, -0.2) is 0 Å². The molecule has 0 fully saturated rings. The minimum atomic E-state index is 0.325. The molecule has 1 heterocycles. The van der Waals surface area contributed by atoms with Crippen molar-refractivity contribution in [2.75, 3.05) is 6.54 Å². The van der Waals surface area contributed by atoms with Crippen LogP contribution < -0.4 is 5.32 Å². The lowest BCUT2D eigenvalue weighted by Crippen LogP contribution is -2.27. The highest BCUT2D eigenvalue weighted by Crippen LogP contribution is 2.10. The third kappa shape index (κ3) is 3.55. The first-order valence-electron chi connectivity index (χ1n) is 4.53. The average Bonchev–Trinajstić information content (AvgIpc) is 2.34. The fourth-order valence-electron chi connectivity index (χ4n) is 1.04. The maximum absolute atomic E-state index is 3.86. The number of nitrogens with zero attached hydrogens (tertiary/aromatic N) is 3. The molecule has 0 radical (unpaired) electrons. The summed E-state index contributed by atoms with van der Waals surface area (Å²) >= 11 is 0. The van der Waals surface area contributed by atoms with Crippen LogP contribution in [-0.2, 0) is 13.6 Å². The van der Waals surface area contributed by atoms with Crippen LogP contribution in [0, 0.1) is 5.41 Å². The largest absolute Gasteiger partial charge is 0.311 e. The van der Waals surface area contributed by atoms with Crippen molar-refractivity contribution in [2.24, 2.45) is 12.5 Å². The van der Waals surface area contributed by atoms with Gasteiger partial charge in [0, 0.05) is 20.1 Å². The lowest BCUT2D eigenvalue weighted by atomic mass is 9.97. The summed E-state index contributed by atoms with van der Waals surface area (Å²) in [5.74, 6) is 0. The predicted octanol–water partition coefficient (Wildman–Crippen LogP) is 0.951. The molecule has 0 spiro atoms. The molecule has 0 aliphatic heterocycles. The summed E-state index contributed by atoms with van der Waals surface area (Å²) in [4.78, 5) is 0. The second-order valence-electron chi connectivity index (χ2n) is 4.51. The van der Waals surface area contributed by atoms with Crippen LogP contribution in [0.2, 0.25) is 0 Å². The van der Waals surface area contributed by atoms with Gasteiger partial charge in [-0.15, -0.1) is 5.10 Å². The Kier molecular flexibility index (Phi) is 3.03. The molecular weight excluding hydrogens is 164 g/mol. The van der Waals surface area contributed by atoms with E-state index >= 15 is 0 Å². The molecule has 4 heteroatoms. The highest BCUT2D eigenvalue weighted by Gasteiger charge is 2.09. The molecule has 0 saturated carbocycles. The SMILES string of the molecule is Cn1nncc1CNCC(C)(C)C. The van der Waals surface area contributed by atoms with Gasteiger partial charge < -0.3 is 5.32 Å². The van der Waals surface area contributed by atoms with Crippen LogP contribution in [-0.4, -0.2) is 21.5 Å². The topological polar surface area (TPSA) is 42.7 Å². The van der Waals surface area contributed by atoms with Crippen molar-refractivity contribution < 1.29 is 0 Å². The molecule has 1 aromatic rings. The Hall–Kier alpha value is -0.900. The van der Waals surface area contributed by atoms with Gasteiger partial charge in [0.1, 0.15) is 0 Å². The number of aromatic nitrogens is 3. The average molecular weight is 182 g/mol. The van der Waals surface area contributed by atoms with E-state index in [1.165, 1.54) is 0 Å². The molecule has 0 aliphatic rings. The highest BCUT2D eigenvalue weighted by atomic mass is 15.4. The van der Waals surface area contributed by atoms with Crippen molar-refractivity contribution >= 4 is 0 Å². The molecule has 0 atom stereocenters. The Bertz CT molecular complexity index is 259. The normalized spacial score (nSPS) is 12.0. The van der Waals surface area contributed by atoms with Gasteiger partial charge in [-0.1, -0.05) is 26.0 Å². The number of hydrogen-bond acceptors (Lipinski definition) is 3. The summed E-state index contributed by atoms with van der Waals surface area (Å²) in [5.41, 5.74) is 1.44. The van der Waals surface area contributed by atoms with Crippen molar-refractivity contribution in [1.82, 2.24) is 20.3 Å². The molecule has 1 N–H and O–H groups in total. The zero-order valence-corrected chi connectivity index (χ0v) is 8.83. The molecular formula is C9H18N4. The van der Waals surface area contributed by atoms with E-state index in [1.807, 2.05) is 7.05 Å². The van der Waals surface area contributed by atoms with Gasteiger partial charge >= 0.3 is 0 Å². The fraction of sp³-hybridized carbons (Fsp3) is 0.778. The Labute approximate surface area is 79.3 Å². The van der Waals surface area contributed by atoms with E-state index in [-0.39, 0.29) is 0 Å². The Morgan fingerprint density at radius 1 is 1.46 bits per heavy atom. The third-order valence-electron chi connectivity index (χ3n) is 1.77. The van der Waals surface area contributed by atoms with Crippen LogP contribution in [0.1, 0.15) is 26.5 Å². The molecule has 0 saturated heterocycles. The van der Waals surface area contributed by atoms with Crippen LogP contribution in [0.5, 0.6) is 0 Å². The van der Waals surface area contributed by atoms with Gasteiger partial charge in [0.05, 0.1) is 11.9 Å². The van der Waals surface area contributed by atoms with Crippen molar-refractivity contribution in [1.29, 1.82) is 0 Å². The number of aryl methyl sites for hydroxylation is 1. The molecule has 0 bridgehead atoms. The van der Waals surface area contributed by atoms with E-state index < -0.39 is 0 Å². The maximum atomic E-state index is 3.86. The lowest BCUT2D eigenvalue weighted by Gasteiger charge is -2.18. The molecule has 0 aliphatic carbocycles. The van der Waals surface area contributed by atoms with Gasteiger partial charge in [0.25, 0.3) is 0 Å². The quantitative estimate of drug-likeness (QED) is 0.757. The summed E-state index contributed by atoms with van der Waals surface area (Å²) in [6, 6.07) is 0. The van der Waals surface area contributed by atoms with Crippen LogP contribution in [0.4, 0.5) is 0 Å². The first-order valence-corrected chi connectivity index (χ1v) is 4.53. The second kappa shape index (κ2) is 3.87. The Balaban J connectivity index is 2.32. The summed E-state index contributed by atoms with van der Waals surface area (Å²) in [7, 11) is 1.90. The van der Waals surface area contributed by atoms with E-state index in [9.17, 15) is 0 Å². The van der Waals surface area contributed by atoms with E-state index in [0.717, 1.165) is 18.8 Å². The van der Waals surface area contributed by atoms with Crippen molar-refractivity contribution in [3.8, 4) is 0 Å². The number of hydrogen-bond donors (Lipinski definition) is 1. The van der Waals surface area contributed by atoms with Crippen LogP contribution in [0.15, 0.2) is 6.20 Å². The van der Waals surface area contributed by atoms with Crippen molar-refractivity contribution in [2.45, 2.75) is 27.3 Å². The minimum absolute atomic E-state index is 0.325. The smallest absolute Gasteiger partial charge is 0.0738 e. The maximum Gasteiger partial charge on any atom is 0.0738 e. The van der Waals surface area contributed by atoms with E-state index in [0.29, 0.717) is 5.41 Å². The molecule has 0 aromatic carbocycles. The predicted molar refractivity (Wildman–Crippen MR) is 52.2 cm³/mol.